The lowest BCUT2D eigenvalue weighted by Crippen LogP contribution is -1.85. The van der Waals surface area contributed by atoms with Gasteiger partial charge in [0.05, 0.1) is 0 Å². The minimum Gasteiger partial charge on any atom is -0.0654 e. The summed E-state index contributed by atoms with van der Waals surface area (Å²) in [5.74, 6) is 1.05. The normalized spacial score (nSPS) is 16.9. The first-order valence-electron chi connectivity index (χ1n) is 11.7. The van der Waals surface area contributed by atoms with Gasteiger partial charge in [-0.05, 0) is 5.92 Å². The van der Waals surface area contributed by atoms with Crippen LogP contribution >= 0.6 is 0 Å². The lowest BCUT2D eigenvalue weighted by Gasteiger charge is -2.05. The van der Waals surface area contributed by atoms with Crippen molar-refractivity contribution in [3.8, 4) is 0 Å². The minimum atomic E-state index is 1.05. The van der Waals surface area contributed by atoms with Gasteiger partial charge in [-0.15, -0.1) is 0 Å². The summed E-state index contributed by atoms with van der Waals surface area (Å²) in [5.41, 5.74) is 0. The van der Waals surface area contributed by atoms with Gasteiger partial charge in [0, 0.05) is 0 Å². The third-order valence-electron chi connectivity index (χ3n) is 5.06. The summed E-state index contributed by atoms with van der Waals surface area (Å²) in [6.07, 6.45) is 26.0. The Labute approximate surface area is 156 Å². The lowest BCUT2D eigenvalue weighted by atomic mass is 10.0. The van der Waals surface area contributed by atoms with Crippen LogP contribution in [0.2, 0.25) is 0 Å². The molecule has 0 atom stereocenters. The highest BCUT2D eigenvalue weighted by atomic mass is 14.1. The molecule has 0 aromatic carbocycles. The van der Waals surface area contributed by atoms with E-state index in [2.05, 4.69) is 34.6 Å². The molecule has 0 bridgehead atoms. The van der Waals surface area contributed by atoms with Crippen LogP contribution in [0, 0.1) is 5.92 Å². The van der Waals surface area contributed by atoms with Gasteiger partial charge in [-0.1, -0.05) is 150 Å². The van der Waals surface area contributed by atoms with Gasteiger partial charge in [0.2, 0.25) is 0 Å². The van der Waals surface area contributed by atoms with Crippen molar-refractivity contribution < 1.29 is 0 Å². The maximum Gasteiger partial charge on any atom is -0.0443 e. The van der Waals surface area contributed by atoms with Crippen LogP contribution < -0.4 is 0 Å². The highest BCUT2D eigenvalue weighted by Crippen LogP contribution is 2.22. The van der Waals surface area contributed by atoms with Crippen LogP contribution in [0.25, 0.3) is 0 Å². The van der Waals surface area contributed by atoms with E-state index in [0.29, 0.717) is 0 Å². The quantitative estimate of drug-likeness (QED) is 0.422. The van der Waals surface area contributed by atoms with E-state index < -0.39 is 0 Å². The molecule has 0 unspecified atom stereocenters. The van der Waals surface area contributed by atoms with Gasteiger partial charge in [-0.3, -0.25) is 0 Å². The van der Waals surface area contributed by atoms with Crippen molar-refractivity contribution >= 4 is 0 Å². The summed E-state index contributed by atoms with van der Waals surface area (Å²) >= 11 is 0. The van der Waals surface area contributed by atoms with Crippen molar-refractivity contribution in [2.75, 3.05) is 0 Å². The molecular weight excluding hydrogens is 288 g/mol. The number of hydrogen-bond acceptors (Lipinski definition) is 0. The molecule has 0 aromatic heterocycles. The average Bonchev–Trinajstić information content (AvgIpc) is 3.12. The second-order valence-corrected chi connectivity index (χ2v) is 7.93. The molecular formula is C24H52. The maximum absolute atomic E-state index is 2.34. The third-order valence-corrected chi connectivity index (χ3v) is 5.06. The number of rotatable bonds is 6. The van der Waals surface area contributed by atoms with Gasteiger partial charge in [0.25, 0.3) is 0 Å². The average molecular weight is 341 g/mol. The predicted molar refractivity (Wildman–Crippen MR) is 115 cm³/mol. The molecule has 0 spiro atoms. The van der Waals surface area contributed by atoms with Crippen LogP contribution in [-0.2, 0) is 0 Å². The van der Waals surface area contributed by atoms with Crippen LogP contribution in [0.15, 0.2) is 0 Å². The van der Waals surface area contributed by atoms with E-state index in [9.17, 15) is 0 Å². The van der Waals surface area contributed by atoms with E-state index in [-0.39, 0.29) is 0 Å². The Kier molecular flexibility index (Phi) is 27.6. The molecule has 0 N–H and O–H groups in total. The molecule has 0 heteroatoms. The Hall–Kier alpha value is 0. The van der Waals surface area contributed by atoms with Crippen LogP contribution in [0.1, 0.15) is 150 Å². The molecule has 0 aliphatic heterocycles. The molecule has 24 heavy (non-hydrogen) atoms. The lowest BCUT2D eigenvalue weighted by molar-refractivity contribution is 0.504. The van der Waals surface area contributed by atoms with Crippen molar-refractivity contribution in [3.63, 3.8) is 0 Å². The number of unbranched alkanes of at least 4 members (excludes halogenated alkanes) is 6. The number of hydrogen-bond donors (Lipinski definition) is 0. The first-order chi connectivity index (χ1) is 11.7. The van der Waals surface area contributed by atoms with E-state index in [0.717, 1.165) is 5.92 Å². The molecule has 0 heterocycles. The Morgan fingerprint density at radius 2 is 0.708 bits per heavy atom. The van der Waals surface area contributed by atoms with Gasteiger partial charge >= 0.3 is 0 Å². The summed E-state index contributed by atoms with van der Waals surface area (Å²) in [5, 5.41) is 0. The predicted octanol–water partition coefficient (Wildman–Crippen LogP) is 9.71. The van der Waals surface area contributed by atoms with Crippen LogP contribution in [0.5, 0.6) is 0 Å². The molecule has 2 rings (SSSR count). The zero-order valence-corrected chi connectivity index (χ0v) is 18.3. The van der Waals surface area contributed by atoms with Crippen molar-refractivity contribution in [1.82, 2.24) is 0 Å². The molecule has 0 radical (unpaired) electrons. The molecule has 0 saturated heterocycles. The van der Waals surface area contributed by atoms with Crippen molar-refractivity contribution in [1.29, 1.82) is 0 Å². The molecule has 2 saturated carbocycles. The van der Waals surface area contributed by atoms with Gasteiger partial charge < -0.3 is 0 Å². The largest absolute Gasteiger partial charge is 0.0654 e. The van der Waals surface area contributed by atoms with Crippen LogP contribution in [0.4, 0.5) is 0 Å². The Bertz CT molecular complexity index is 147. The Balaban J connectivity index is 0. The van der Waals surface area contributed by atoms with E-state index in [1.807, 2.05) is 0 Å². The highest BCUT2D eigenvalue weighted by Gasteiger charge is 2.07. The minimum absolute atomic E-state index is 1.05. The van der Waals surface area contributed by atoms with E-state index in [1.54, 1.807) is 0 Å². The van der Waals surface area contributed by atoms with Gasteiger partial charge in [-0.2, -0.15) is 0 Å². The summed E-state index contributed by atoms with van der Waals surface area (Å²) in [6.45, 7) is 11.3. The van der Waals surface area contributed by atoms with E-state index >= 15 is 0 Å². The summed E-state index contributed by atoms with van der Waals surface area (Å²) in [6, 6.07) is 0. The molecule has 2 fully saturated rings. The van der Waals surface area contributed by atoms with Crippen molar-refractivity contribution in [3.05, 3.63) is 0 Å². The zero-order chi connectivity index (χ0) is 18.3. The second-order valence-electron chi connectivity index (χ2n) is 7.93. The molecule has 0 nitrogen and oxygen atoms in total. The van der Waals surface area contributed by atoms with E-state index in [1.165, 1.54) is 116 Å². The zero-order valence-electron chi connectivity index (χ0n) is 18.3. The topological polar surface area (TPSA) is 0 Å². The smallest absolute Gasteiger partial charge is 0.0443 e. The monoisotopic (exact) mass is 340 g/mol. The molecule has 2 aliphatic rings. The standard InChI is InChI=1S/2C6H12.2C6H14/c1-6-4-2-3-5-6;1-2-4-6-5-3-1;2*1-3-5-6-4-2/h6H,2-5H2,1H3;1-6H2;2*3-6H2,1-2H3. The van der Waals surface area contributed by atoms with E-state index in [4.69, 9.17) is 0 Å². The first kappa shape index (κ1) is 26.2. The summed E-state index contributed by atoms with van der Waals surface area (Å²) in [7, 11) is 0. The SMILES string of the molecule is C1CCCCC1.CC1CCCC1.CCCCCC.CCCCCC. The van der Waals surface area contributed by atoms with Crippen LogP contribution in [0.3, 0.4) is 0 Å². The Morgan fingerprint density at radius 1 is 0.458 bits per heavy atom. The maximum atomic E-state index is 2.34. The van der Waals surface area contributed by atoms with Crippen LogP contribution in [-0.4, -0.2) is 0 Å². The molecule has 0 aromatic rings. The van der Waals surface area contributed by atoms with Crippen molar-refractivity contribution in [2.24, 2.45) is 5.92 Å². The molecule has 0 amide bonds. The van der Waals surface area contributed by atoms with Gasteiger partial charge in [0.15, 0.2) is 0 Å². The fraction of sp³-hybridized carbons (Fsp3) is 1.00. The van der Waals surface area contributed by atoms with Gasteiger partial charge in [-0.25, -0.2) is 0 Å². The molecule has 148 valence electrons. The first-order valence-corrected chi connectivity index (χ1v) is 11.7. The molecule has 2 aliphatic carbocycles. The fourth-order valence-corrected chi connectivity index (χ4v) is 3.19. The van der Waals surface area contributed by atoms with Gasteiger partial charge in [0.1, 0.15) is 0 Å². The van der Waals surface area contributed by atoms with Crippen molar-refractivity contribution in [2.45, 2.75) is 150 Å². The summed E-state index contributed by atoms with van der Waals surface area (Å²) < 4.78 is 0. The highest BCUT2D eigenvalue weighted by molar-refractivity contribution is 4.60. The Morgan fingerprint density at radius 3 is 0.833 bits per heavy atom. The second kappa shape index (κ2) is 25.2. The third kappa shape index (κ3) is 26.9. The fourth-order valence-electron chi connectivity index (χ4n) is 3.19. The summed E-state index contributed by atoms with van der Waals surface area (Å²) in [4.78, 5) is 0.